The Bertz CT molecular complexity index is 3000. The topological polar surface area (TPSA) is 302 Å². The highest BCUT2D eigenvalue weighted by Crippen LogP contribution is 2.32. The number of carbonyl (C=O) groups excluding carboxylic acids is 11. The minimum Gasteiger partial charge on any atom is -0.370 e. The van der Waals surface area contributed by atoms with E-state index in [2.05, 4.69) is 31.5 Å². The summed E-state index contributed by atoms with van der Waals surface area (Å²) in [6, 6.07) is -14.4. The maximum Gasteiger partial charge on any atom is 0.451 e. The highest BCUT2D eigenvalue weighted by Gasteiger charge is 2.51. The van der Waals surface area contributed by atoms with Gasteiger partial charge in [0.2, 0.25) is 70.8 Å². The number of fused-ring (bicyclic) bond motifs is 4. The van der Waals surface area contributed by atoms with Crippen molar-refractivity contribution in [3.05, 3.63) is 23.8 Å². The summed E-state index contributed by atoms with van der Waals surface area (Å²) < 4.78 is 49.5. The lowest BCUT2D eigenvalue weighted by atomic mass is 9.92. The lowest BCUT2D eigenvalue weighted by Gasteiger charge is -2.39. The van der Waals surface area contributed by atoms with E-state index in [9.17, 15) is 37.1 Å². The number of amides is 11. The molecule has 0 saturated carbocycles. The number of aromatic nitrogens is 3. The summed E-state index contributed by atoms with van der Waals surface area (Å²) in [5, 5.41) is 18.3. The summed E-state index contributed by atoms with van der Waals surface area (Å²) in [5.74, 6) is -11.6. The van der Waals surface area contributed by atoms with Crippen molar-refractivity contribution in [2.75, 3.05) is 62.4 Å². The second-order valence-corrected chi connectivity index (χ2v) is 28.6. The Kier molecular flexibility index (Phi) is 29.7. The lowest BCUT2D eigenvalue weighted by Crippen LogP contribution is -2.63. The van der Waals surface area contributed by atoms with Gasteiger partial charge in [-0.2, -0.15) is 13.2 Å². The van der Waals surface area contributed by atoms with Crippen LogP contribution in [0, 0.1) is 35.5 Å². The molecule has 27 nitrogen and oxygen atoms in total. The molecule has 30 heteroatoms. The van der Waals surface area contributed by atoms with Crippen LogP contribution in [0.4, 0.5) is 13.2 Å². The largest absolute Gasteiger partial charge is 0.451 e. The first-order valence-corrected chi connectivity index (χ1v) is 34.0. The molecule has 2 saturated heterocycles. The van der Waals surface area contributed by atoms with Gasteiger partial charge in [0.25, 0.3) is 0 Å². The van der Waals surface area contributed by atoms with Crippen molar-refractivity contribution in [2.24, 2.45) is 35.5 Å². The zero-order valence-electron chi connectivity index (χ0n) is 61.4. The SMILES string of the molecule is C/C=C/C[C@@H](C)[C@H]1OC(C)[C@H]2C(=O)N(C)[C@@H]1C(=O)N[C@@H](CC)C(=O)N(C)[C@H](C)C(=O)N(C)[C@@H]([C@H](C)CN1CCn3c(nnc3C(F)(F)F)C1)C(=O)N[C@@H](C(C)C)C(=O)N(C)[C@@H](CC(C)C)C(=O)N[C@@H](C)C(=O)N[C@H](C)C(=O)N(C)[C@@H](CC(C)C)C(=O)N(C)[C@@H](CC(C)C)C(=O)N2C. The third kappa shape index (κ3) is 20.0. The van der Waals surface area contributed by atoms with Crippen LogP contribution in [0.2, 0.25) is 0 Å². The zero-order chi connectivity index (χ0) is 73.9. The second kappa shape index (κ2) is 35.0. The number of nitrogens with one attached hydrogen (secondary N) is 4. The van der Waals surface area contributed by atoms with Crippen LogP contribution in [-0.4, -0.2) is 260 Å². The maximum atomic E-state index is 15.3. The third-order valence-corrected chi connectivity index (χ3v) is 19.1. The molecule has 97 heavy (non-hydrogen) atoms. The minimum absolute atomic E-state index is 0.000144. The van der Waals surface area contributed by atoms with Crippen molar-refractivity contribution >= 4 is 65.0 Å². The van der Waals surface area contributed by atoms with Crippen molar-refractivity contribution in [1.82, 2.24) is 75.2 Å². The molecule has 15 atom stereocenters. The molecule has 1 aromatic heterocycles. The highest BCUT2D eigenvalue weighted by molar-refractivity contribution is 6.00. The van der Waals surface area contributed by atoms with Crippen molar-refractivity contribution in [3.8, 4) is 0 Å². The van der Waals surface area contributed by atoms with Gasteiger partial charge in [-0.1, -0.05) is 88.3 Å². The Morgan fingerprint density at radius 3 is 1.58 bits per heavy atom. The van der Waals surface area contributed by atoms with Crippen LogP contribution >= 0.6 is 0 Å². The van der Waals surface area contributed by atoms with E-state index in [1.54, 1.807) is 39.5 Å². The fourth-order valence-corrected chi connectivity index (χ4v) is 13.2. The molecule has 548 valence electrons. The first kappa shape index (κ1) is 82.2. The molecule has 1 unspecified atom stereocenters. The number of rotatable bonds is 14. The van der Waals surface area contributed by atoms with Gasteiger partial charge in [-0.25, -0.2) is 0 Å². The van der Waals surface area contributed by atoms with E-state index in [4.69, 9.17) is 4.74 Å². The van der Waals surface area contributed by atoms with Gasteiger partial charge in [0.1, 0.15) is 72.3 Å². The van der Waals surface area contributed by atoms with Crippen LogP contribution < -0.4 is 21.3 Å². The van der Waals surface area contributed by atoms with Gasteiger partial charge in [-0.15, -0.1) is 10.2 Å². The molecule has 4 N–H and O–H groups in total. The number of allylic oxidation sites excluding steroid dienone is 2. The van der Waals surface area contributed by atoms with E-state index in [0.717, 1.165) is 14.4 Å². The average molecular weight is 1380 g/mol. The van der Waals surface area contributed by atoms with Gasteiger partial charge in [0.15, 0.2) is 0 Å². The Balaban J connectivity index is 1.93. The molecule has 3 aliphatic rings. The molecule has 11 amide bonds. The fourth-order valence-electron chi connectivity index (χ4n) is 13.2. The van der Waals surface area contributed by atoms with Gasteiger partial charge in [0.05, 0.1) is 18.8 Å². The maximum absolute atomic E-state index is 15.3. The predicted molar refractivity (Wildman–Crippen MR) is 357 cm³/mol. The van der Waals surface area contributed by atoms with Gasteiger partial charge in [0, 0.05) is 69.0 Å². The molecule has 0 radical (unpaired) electrons. The number of ether oxygens (including phenoxy) is 1. The Labute approximate surface area is 571 Å². The standard InChI is InChI=1S/C67H112F3N15O12/c1-24-26-27-39(11)54-53-58(89)73-45(25-2)61(92)77(17)43(15)60(91)81(21)51(40(12)33-84-28-29-85-49(34-84)75-76-66(85)67(68,69)70)57(88)74-50(38(9)10)64(95)78(18)46(30-35(3)4)56(87)71-41(13)55(86)72-42(14)59(90)79(19)47(31-36(5)6)62(93)80(20)48(32-37(7)8)63(94)82(22)52(44(16)97-54)65(96)83(53)23/h24,26,35-48,50-54H,25,27-34H2,1-23H3,(H,71,87)(H,72,86)(H,73,89)(H,74,88)/b26-24+/t39-,40-,41+,42-,43-,44?,45+,46+,47+,48+,50+,51+,52+,53+,54-/m1/s1. The molecular weight excluding hydrogens is 1260 g/mol. The van der Waals surface area contributed by atoms with Gasteiger partial charge in [-0.05, 0) is 102 Å². The van der Waals surface area contributed by atoms with Crippen LogP contribution in [-0.2, 0) is 76.7 Å². The monoisotopic (exact) mass is 1380 g/mol. The highest BCUT2D eigenvalue weighted by atomic mass is 19.4. The average Bonchev–Trinajstić information content (AvgIpc) is 1.70. The number of hydrogen-bond acceptors (Lipinski definition) is 15. The van der Waals surface area contributed by atoms with Crippen molar-refractivity contribution in [1.29, 1.82) is 0 Å². The van der Waals surface area contributed by atoms with E-state index in [1.165, 1.54) is 94.6 Å². The minimum atomic E-state index is -4.77. The van der Waals surface area contributed by atoms with E-state index in [-0.39, 0.29) is 75.4 Å². The Hall–Kier alpha value is -7.24. The molecule has 0 aromatic carbocycles. The molecule has 2 bridgehead atoms. The van der Waals surface area contributed by atoms with Crippen LogP contribution in [0.3, 0.4) is 0 Å². The van der Waals surface area contributed by atoms with Crippen LogP contribution in [0.5, 0.6) is 0 Å². The van der Waals surface area contributed by atoms with Gasteiger partial charge >= 0.3 is 6.18 Å². The van der Waals surface area contributed by atoms with Gasteiger partial charge in [-0.3, -0.25) is 57.6 Å². The number of nitrogens with zero attached hydrogens (tertiary/aromatic N) is 11. The lowest BCUT2D eigenvalue weighted by molar-refractivity contribution is -0.155. The normalized spacial score (nSPS) is 28.9. The Morgan fingerprint density at radius 1 is 0.536 bits per heavy atom. The number of halogens is 3. The summed E-state index contributed by atoms with van der Waals surface area (Å²) in [7, 11) is 9.80. The predicted octanol–water partition coefficient (Wildman–Crippen LogP) is 3.14. The molecular formula is C67H112F3N15O12. The fraction of sp³-hybridized carbons (Fsp3) is 0.776. The van der Waals surface area contributed by atoms with E-state index < -0.39 is 173 Å². The number of hydrogen-bond donors (Lipinski definition) is 4. The second-order valence-electron chi connectivity index (χ2n) is 28.6. The molecule has 1 aromatic rings. The first-order valence-electron chi connectivity index (χ1n) is 34.0. The third-order valence-electron chi connectivity index (χ3n) is 19.1. The van der Waals surface area contributed by atoms with Gasteiger partial charge < -0.3 is 64.9 Å². The molecule has 4 rings (SSSR count). The zero-order valence-corrected chi connectivity index (χ0v) is 61.4. The number of likely N-dealkylation sites (N-methyl/N-ethyl adjacent to an activating group) is 7. The first-order chi connectivity index (χ1) is 45.0. The smallest absolute Gasteiger partial charge is 0.370 e. The summed E-state index contributed by atoms with van der Waals surface area (Å²) in [6.07, 6.45) is -2.46. The summed E-state index contributed by atoms with van der Waals surface area (Å²) in [6.45, 7) is 27.1. The number of carbonyl (C=O) groups is 11. The van der Waals surface area contributed by atoms with Crippen LogP contribution in [0.1, 0.15) is 155 Å². The van der Waals surface area contributed by atoms with Crippen LogP contribution in [0.25, 0.3) is 0 Å². The summed E-state index contributed by atoms with van der Waals surface area (Å²) in [4.78, 5) is 174. The van der Waals surface area contributed by atoms with E-state index in [1.807, 2.05) is 67.5 Å². The molecule has 0 aliphatic carbocycles. The summed E-state index contributed by atoms with van der Waals surface area (Å²) >= 11 is 0. The van der Waals surface area contributed by atoms with E-state index >= 15 is 28.8 Å². The van der Waals surface area contributed by atoms with E-state index in [0.29, 0.717) is 6.42 Å². The molecule has 0 spiro atoms. The molecule has 3 aliphatic heterocycles. The quantitative estimate of drug-likeness (QED) is 0.195. The number of alkyl halides is 3. The van der Waals surface area contributed by atoms with Crippen LogP contribution in [0.15, 0.2) is 12.2 Å². The van der Waals surface area contributed by atoms with Crippen molar-refractivity contribution < 1.29 is 70.6 Å². The Morgan fingerprint density at radius 2 is 1.05 bits per heavy atom. The molecule has 2 fully saturated rings. The van der Waals surface area contributed by atoms with Crippen molar-refractivity contribution in [2.45, 2.75) is 241 Å². The summed E-state index contributed by atoms with van der Waals surface area (Å²) in [5.41, 5.74) is 0. The molecule has 4 heterocycles. The van der Waals surface area contributed by atoms with Crippen molar-refractivity contribution in [3.63, 3.8) is 0 Å².